The lowest BCUT2D eigenvalue weighted by molar-refractivity contribution is -0.141. The number of alkyl halides is 3. The lowest BCUT2D eigenvalue weighted by atomic mass is 9.92. The zero-order chi connectivity index (χ0) is 21.3. The molecule has 2 aromatic heterocycles. The van der Waals surface area contributed by atoms with Crippen LogP contribution in [-0.4, -0.2) is 33.2 Å². The van der Waals surface area contributed by atoms with Gasteiger partial charge in [-0.3, -0.25) is 5.10 Å². The Balaban J connectivity index is 1.70. The molecule has 1 fully saturated rings. The molecule has 6 nitrogen and oxygen atoms in total. The number of benzene rings is 1. The average molecular weight is 423 g/mol. The number of aromatic amines is 1. The van der Waals surface area contributed by atoms with Gasteiger partial charge in [0, 0.05) is 30.4 Å². The van der Waals surface area contributed by atoms with E-state index >= 15 is 0 Å². The van der Waals surface area contributed by atoms with Crippen molar-refractivity contribution >= 4 is 5.82 Å². The SMILES string of the molecule is Nc1c(CCC2CCOCC2)c(-c2ccc(F)cc2)nn1-c1cc(C(F)(F)F)[nH]n1. The lowest BCUT2D eigenvalue weighted by Gasteiger charge is -2.21. The van der Waals surface area contributed by atoms with Gasteiger partial charge < -0.3 is 10.5 Å². The quantitative estimate of drug-likeness (QED) is 0.598. The first-order valence-corrected chi connectivity index (χ1v) is 9.67. The summed E-state index contributed by atoms with van der Waals surface area (Å²) in [6.45, 7) is 1.44. The number of anilines is 1. The number of nitrogens with zero attached hydrogens (tertiary/aromatic N) is 3. The molecule has 0 atom stereocenters. The van der Waals surface area contributed by atoms with Crippen molar-refractivity contribution < 1.29 is 22.3 Å². The van der Waals surface area contributed by atoms with E-state index in [-0.39, 0.29) is 11.6 Å². The smallest absolute Gasteiger partial charge is 0.383 e. The molecule has 1 aromatic carbocycles. The van der Waals surface area contributed by atoms with Gasteiger partial charge in [0.25, 0.3) is 0 Å². The maximum absolute atomic E-state index is 13.4. The Kier molecular flexibility index (Phi) is 5.50. The fraction of sp³-hybridized carbons (Fsp3) is 0.400. The molecule has 3 heterocycles. The number of hydrogen-bond donors (Lipinski definition) is 2. The van der Waals surface area contributed by atoms with Crippen LogP contribution >= 0.6 is 0 Å². The summed E-state index contributed by atoms with van der Waals surface area (Å²) in [5.74, 6) is 0.254. The van der Waals surface area contributed by atoms with Crippen LogP contribution in [0.3, 0.4) is 0 Å². The van der Waals surface area contributed by atoms with E-state index in [4.69, 9.17) is 10.5 Å². The minimum Gasteiger partial charge on any atom is -0.383 e. The number of nitrogens with two attached hydrogens (primary N) is 1. The summed E-state index contributed by atoms with van der Waals surface area (Å²) in [5.41, 5.74) is 7.17. The van der Waals surface area contributed by atoms with Gasteiger partial charge in [-0.05, 0) is 55.9 Å². The first kappa shape index (κ1) is 20.4. The van der Waals surface area contributed by atoms with Crippen molar-refractivity contribution in [1.82, 2.24) is 20.0 Å². The van der Waals surface area contributed by atoms with E-state index < -0.39 is 17.7 Å². The molecule has 3 N–H and O–H groups in total. The molecule has 0 saturated carbocycles. The van der Waals surface area contributed by atoms with Gasteiger partial charge in [0.1, 0.15) is 17.3 Å². The molecule has 0 spiro atoms. The third kappa shape index (κ3) is 4.18. The van der Waals surface area contributed by atoms with Crippen molar-refractivity contribution in [3.8, 4) is 17.1 Å². The van der Waals surface area contributed by atoms with E-state index in [1.54, 1.807) is 12.1 Å². The summed E-state index contributed by atoms with van der Waals surface area (Å²) in [4.78, 5) is 0. The molecule has 1 saturated heterocycles. The van der Waals surface area contributed by atoms with E-state index in [9.17, 15) is 17.6 Å². The highest BCUT2D eigenvalue weighted by molar-refractivity contribution is 5.69. The third-order valence-corrected chi connectivity index (χ3v) is 5.37. The summed E-state index contributed by atoms with van der Waals surface area (Å²) in [6.07, 6.45) is -1.21. The van der Waals surface area contributed by atoms with Crippen LogP contribution in [0.15, 0.2) is 30.3 Å². The minimum absolute atomic E-state index is 0.0551. The first-order chi connectivity index (χ1) is 14.3. The van der Waals surface area contributed by atoms with E-state index in [2.05, 4.69) is 10.2 Å². The van der Waals surface area contributed by atoms with E-state index in [1.165, 1.54) is 16.8 Å². The average Bonchev–Trinajstić information content (AvgIpc) is 3.33. The van der Waals surface area contributed by atoms with Gasteiger partial charge in [-0.2, -0.15) is 28.1 Å². The number of H-pyrrole nitrogens is 1. The molecule has 0 unspecified atom stereocenters. The Bertz CT molecular complexity index is 1000. The number of halogens is 4. The Morgan fingerprint density at radius 1 is 1.17 bits per heavy atom. The summed E-state index contributed by atoms with van der Waals surface area (Å²) in [6, 6.07) is 6.63. The number of nitrogen functional groups attached to an aromatic ring is 1. The predicted octanol–water partition coefficient (Wildman–Crippen LogP) is 4.36. The zero-order valence-electron chi connectivity index (χ0n) is 16.0. The number of rotatable bonds is 5. The lowest BCUT2D eigenvalue weighted by Crippen LogP contribution is -2.16. The van der Waals surface area contributed by atoms with E-state index in [0.29, 0.717) is 29.2 Å². The summed E-state index contributed by atoms with van der Waals surface area (Å²) in [5, 5.41) is 10.1. The minimum atomic E-state index is -4.56. The van der Waals surface area contributed by atoms with Gasteiger partial charge in [-0.25, -0.2) is 4.39 Å². The second-order valence-corrected chi connectivity index (χ2v) is 7.36. The molecule has 0 bridgehead atoms. The topological polar surface area (TPSA) is 81.8 Å². The fourth-order valence-electron chi connectivity index (χ4n) is 3.67. The van der Waals surface area contributed by atoms with Crippen molar-refractivity contribution in [2.75, 3.05) is 18.9 Å². The Hall–Kier alpha value is -2.88. The van der Waals surface area contributed by atoms with Crippen molar-refractivity contribution in [2.45, 2.75) is 31.9 Å². The molecule has 1 aliphatic heterocycles. The molecule has 10 heteroatoms. The van der Waals surface area contributed by atoms with Crippen LogP contribution in [0.2, 0.25) is 0 Å². The molecule has 30 heavy (non-hydrogen) atoms. The van der Waals surface area contributed by atoms with Gasteiger partial charge >= 0.3 is 6.18 Å². The highest BCUT2D eigenvalue weighted by atomic mass is 19.4. The van der Waals surface area contributed by atoms with Crippen molar-refractivity contribution in [3.05, 3.63) is 47.4 Å². The molecular weight excluding hydrogens is 402 g/mol. The first-order valence-electron chi connectivity index (χ1n) is 9.67. The van der Waals surface area contributed by atoms with Crippen LogP contribution in [0.25, 0.3) is 17.1 Å². The van der Waals surface area contributed by atoms with E-state index in [0.717, 1.165) is 38.5 Å². The summed E-state index contributed by atoms with van der Waals surface area (Å²) >= 11 is 0. The second kappa shape index (κ2) is 8.10. The van der Waals surface area contributed by atoms with Crippen LogP contribution in [0.4, 0.5) is 23.4 Å². The van der Waals surface area contributed by atoms with Crippen LogP contribution in [-0.2, 0) is 17.3 Å². The third-order valence-electron chi connectivity index (χ3n) is 5.37. The molecular formula is C20H21F4N5O. The van der Waals surface area contributed by atoms with Crippen LogP contribution in [0, 0.1) is 11.7 Å². The molecule has 160 valence electrons. The number of aromatic nitrogens is 4. The van der Waals surface area contributed by atoms with E-state index in [1.807, 2.05) is 5.10 Å². The van der Waals surface area contributed by atoms with Gasteiger partial charge in [0.05, 0.1) is 5.69 Å². The number of ether oxygens (including phenoxy) is 1. The highest BCUT2D eigenvalue weighted by Gasteiger charge is 2.34. The van der Waals surface area contributed by atoms with Gasteiger partial charge in [-0.15, -0.1) is 0 Å². The number of nitrogens with one attached hydrogen (secondary N) is 1. The summed E-state index contributed by atoms with van der Waals surface area (Å²) < 4.78 is 58.8. The molecule has 0 radical (unpaired) electrons. The predicted molar refractivity (Wildman–Crippen MR) is 102 cm³/mol. The molecule has 3 aromatic rings. The van der Waals surface area contributed by atoms with Crippen molar-refractivity contribution in [3.63, 3.8) is 0 Å². The fourth-order valence-corrected chi connectivity index (χ4v) is 3.67. The van der Waals surface area contributed by atoms with Crippen LogP contribution in [0.5, 0.6) is 0 Å². The highest BCUT2D eigenvalue weighted by Crippen LogP contribution is 2.34. The molecule has 0 amide bonds. The van der Waals surface area contributed by atoms with Gasteiger partial charge in [-0.1, -0.05) is 0 Å². The Morgan fingerprint density at radius 3 is 2.50 bits per heavy atom. The molecule has 0 aliphatic carbocycles. The summed E-state index contributed by atoms with van der Waals surface area (Å²) in [7, 11) is 0. The Morgan fingerprint density at radius 2 is 1.87 bits per heavy atom. The Labute approximate surface area is 170 Å². The maximum Gasteiger partial charge on any atom is 0.432 e. The molecule has 1 aliphatic rings. The van der Waals surface area contributed by atoms with Gasteiger partial charge in [0.15, 0.2) is 5.82 Å². The van der Waals surface area contributed by atoms with Gasteiger partial charge in [0.2, 0.25) is 0 Å². The standard InChI is InChI=1S/C20H21F4N5O/c21-14-4-2-13(3-5-14)18-15(6-1-12-7-9-30-10-8-12)19(25)29(28-18)17-11-16(26-27-17)20(22,23)24/h2-5,11-12H,1,6-10,25H2,(H,26,27). The van der Waals surface area contributed by atoms with Crippen molar-refractivity contribution in [2.24, 2.45) is 5.92 Å². The largest absolute Gasteiger partial charge is 0.432 e. The van der Waals surface area contributed by atoms with Crippen molar-refractivity contribution in [1.29, 1.82) is 0 Å². The zero-order valence-corrected chi connectivity index (χ0v) is 16.0. The van der Waals surface area contributed by atoms with Crippen LogP contribution in [0.1, 0.15) is 30.5 Å². The molecule has 4 rings (SSSR count). The monoisotopic (exact) mass is 423 g/mol. The second-order valence-electron chi connectivity index (χ2n) is 7.36. The van der Waals surface area contributed by atoms with Crippen LogP contribution < -0.4 is 5.73 Å². The normalized spacial score (nSPS) is 15.6. The maximum atomic E-state index is 13.4. The number of hydrogen-bond acceptors (Lipinski definition) is 4.